The molecule has 0 unspecified atom stereocenters. The van der Waals surface area contributed by atoms with E-state index in [9.17, 15) is 4.79 Å². The molecule has 0 atom stereocenters. The van der Waals surface area contributed by atoms with E-state index in [1.807, 2.05) is 33.9 Å². The van der Waals surface area contributed by atoms with Gasteiger partial charge in [-0.15, -0.1) is 10.2 Å². The first-order valence-electron chi connectivity index (χ1n) is 8.38. The summed E-state index contributed by atoms with van der Waals surface area (Å²) in [5.74, 6) is 1.92. The van der Waals surface area contributed by atoms with Crippen LogP contribution in [-0.4, -0.2) is 60.3 Å². The fourth-order valence-corrected chi connectivity index (χ4v) is 3.54. The molecule has 24 heavy (non-hydrogen) atoms. The quantitative estimate of drug-likeness (QED) is 0.833. The molecule has 2 aromatic rings. The van der Waals surface area contributed by atoms with E-state index in [2.05, 4.69) is 33.8 Å². The molecule has 0 N–H and O–H groups in total. The van der Waals surface area contributed by atoms with Crippen molar-refractivity contribution in [2.24, 2.45) is 0 Å². The molecule has 6 nitrogen and oxygen atoms in total. The van der Waals surface area contributed by atoms with Crippen LogP contribution in [0.2, 0.25) is 0 Å². The van der Waals surface area contributed by atoms with Gasteiger partial charge in [0.1, 0.15) is 0 Å². The second kappa shape index (κ2) is 7.61. The molecule has 128 valence electrons. The molecule has 3 heterocycles. The number of amides is 1. The highest BCUT2D eigenvalue weighted by atomic mass is 32.1. The summed E-state index contributed by atoms with van der Waals surface area (Å²) in [4.78, 5) is 18.6. The molecule has 0 radical (unpaired) electrons. The normalized spacial score (nSPS) is 14.8. The maximum Gasteiger partial charge on any atom is 0.254 e. The van der Waals surface area contributed by atoms with Gasteiger partial charge in [-0.25, -0.2) is 0 Å². The smallest absolute Gasteiger partial charge is 0.254 e. The number of hydrogen-bond donors (Lipinski definition) is 0. The number of carbonyl (C=O) groups excluding carboxylic acids is 1. The summed E-state index contributed by atoms with van der Waals surface area (Å²) in [6, 6.07) is 5.94. The number of anilines is 2. The lowest BCUT2D eigenvalue weighted by molar-refractivity contribution is 0.0747. The number of carbonyl (C=O) groups is 1. The Kier molecular flexibility index (Phi) is 5.30. The van der Waals surface area contributed by atoms with E-state index in [0.29, 0.717) is 13.1 Å². The number of thiophene rings is 1. The molecule has 3 rings (SSSR count). The molecule has 0 aliphatic carbocycles. The second-order valence-corrected chi connectivity index (χ2v) is 6.49. The molecule has 1 aliphatic rings. The van der Waals surface area contributed by atoms with E-state index >= 15 is 0 Å². The fourth-order valence-electron chi connectivity index (χ4n) is 2.91. The molecule has 0 bridgehead atoms. The van der Waals surface area contributed by atoms with Crippen LogP contribution in [0.25, 0.3) is 0 Å². The summed E-state index contributed by atoms with van der Waals surface area (Å²) in [7, 11) is 0. The van der Waals surface area contributed by atoms with Crippen LogP contribution < -0.4 is 9.80 Å². The molecule has 7 heteroatoms. The summed E-state index contributed by atoms with van der Waals surface area (Å²) in [5.41, 5.74) is 0.789. The van der Waals surface area contributed by atoms with Crippen molar-refractivity contribution in [2.45, 2.75) is 13.8 Å². The van der Waals surface area contributed by atoms with Crippen LogP contribution >= 0.6 is 11.3 Å². The van der Waals surface area contributed by atoms with Gasteiger partial charge in [0.05, 0.1) is 5.56 Å². The fraction of sp³-hybridized carbons (Fsp3) is 0.471. The molecular formula is C17H23N5OS. The minimum absolute atomic E-state index is 0.124. The van der Waals surface area contributed by atoms with Crippen LogP contribution in [0.15, 0.2) is 29.0 Å². The van der Waals surface area contributed by atoms with Gasteiger partial charge < -0.3 is 14.7 Å². The first-order valence-corrected chi connectivity index (χ1v) is 9.32. The third-order valence-corrected chi connectivity index (χ3v) is 5.07. The molecule has 1 fully saturated rings. The van der Waals surface area contributed by atoms with Gasteiger partial charge in [0, 0.05) is 44.6 Å². The van der Waals surface area contributed by atoms with Crippen molar-refractivity contribution in [1.29, 1.82) is 0 Å². The van der Waals surface area contributed by atoms with Gasteiger partial charge in [0.25, 0.3) is 5.91 Å². The van der Waals surface area contributed by atoms with Gasteiger partial charge >= 0.3 is 0 Å². The highest BCUT2D eigenvalue weighted by Gasteiger charge is 2.23. The van der Waals surface area contributed by atoms with Gasteiger partial charge in [-0.1, -0.05) is 0 Å². The number of hydrogen-bond acceptors (Lipinski definition) is 6. The standard InChI is InChI=1S/C17H23N5OS/c1-3-20(4-2)15-5-6-16(19-18-15)21-8-10-22(11-9-21)17(23)14-7-12-24-13-14/h5-7,12-13H,3-4,8-11H2,1-2H3. The molecule has 0 spiro atoms. The molecule has 2 aromatic heterocycles. The summed E-state index contributed by atoms with van der Waals surface area (Å²) in [6.07, 6.45) is 0. The first kappa shape index (κ1) is 16.7. The molecule has 1 aliphatic heterocycles. The lowest BCUT2D eigenvalue weighted by Crippen LogP contribution is -2.49. The molecular weight excluding hydrogens is 322 g/mol. The highest BCUT2D eigenvalue weighted by Crippen LogP contribution is 2.18. The number of rotatable bonds is 5. The van der Waals surface area contributed by atoms with E-state index in [1.165, 1.54) is 0 Å². The van der Waals surface area contributed by atoms with Gasteiger partial charge in [0.2, 0.25) is 0 Å². The largest absolute Gasteiger partial charge is 0.356 e. The Morgan fingerprint density at radius 1 is 1.12 bits per heavy atom. The van der Waals surface area contributed by atoms with E-state index in [0.717, 1.165) is 43.4 Å². The Morgan fingerprint density at radius 2 is 1.88 bits per heavy atom. The zero-order valence-corrected chi connectivity index (χ0v) is 15.0. The van der Waals surface area contributed by atoms with Crippen LogP contribution in [0.1, 0.15) is 24.2 Å². The Bertz CT molecular complexity index is 646. The van der Waals surface area contributed by atoms with Crippen LogP contribution in [0.5, 0.6) is 0 Å². The summed E-state index contributed by atoms with van der Waals surface area (Å²) >= 11 is 1.56. The van der Waals surface area contributed by atoms with Crippen molar-refractivity contribution in [3.05, 3.63) is 34.5 Å². The van der Waals surface area contributed by atoms with E-state index < -0.39 is 0 Å². The Balaban J connectivity index is 1.59. The summed E-state index contributed by atoms with van der Waals surface area (Å²) in [6.45, 7) is 9.08. The van der Waals surface area contributed by atoms with Crippen molar-refractivity contribution in [1.82, 2.24) is 15.1 Å². The van der Waals surface area contributed by atoms with Crippen LogP contribution in [0.3, 0.4) is 0 Å². The zero-order chi connectivity index (χ0) is 16.9. The predicted octanol–water partition coefficient (Wildman–Crippen LogP) is 2.35. The van der Waals surface area contributed by atoms with Gasteiger partial charge in [-0.3, -0.25) is 4.79 Å². The summed E-state index contributed by atoms with van der Waals surface area (Å²) < 4.78 is 0. The van der Waals surface area contributed by atoms with Crippen molar-refractivity contribution in [3.8, 4) is 0 Å². The SMILES string of the molecule is CCN(CC)c1ccc(N2CCN(C(=O)c3ccsc3)CC2)nn1. The molecule has 1 amide bonds. The number of aromatic nitrogens is 2. The molecule has 0 aromatic carbocycles. The third kappa shape index (κ3) is 3.51. The first-order chi connectivity index (χ1) is 11.7. The van der Waals surface area contributed by atoms with E-state index in [-0.39, 0.29) is 5.91 Å². The van der Waals surface area contributed by atoms with Crippen molar-refractivity contribution >= 4 is 28.9 Å². The van der Waals surface area contributed by atoms with Crippen LogP contribution in [0, 0.1) is 0 Å². The van der Waals surface area contributed by atoms with Crippen LogP contribution in [0.4, 0.5) is 11.6 Å². The maximum absolute atomic E-state index is 12.4. The van der Waals surface area contributed by atoms with Crippen molar-refractivity contribution in [2.75, 3.05) is 49.1 Å². The maximum atomic E-state index is 12.4. The monoisotopic (exact) mass is 345 g/mol. The highest BCUT2D eigenvalue weighted by molar-refractivity contribution is 7.08. The molecule has 0 saturated carbocycles. The third-order valence-electron chi connectivity index (χ3n) is 4.38. The Labute approximate surface area is 146 Å². The van der Waals surface area contributed by atoms with Gasteiger partial charge in [0.15, 0.2) is 11.6 Å². The summed E-state index contributed by atoms with van der Waals surface area (Å²) in [5, 5.41) is 12.6. The second-order valence-electron chi connectivity index (χ2n) is 5.71. The average Bonchev–Trinajstić information content (AvgIpc) is 3.18. The van der Waals surface area contributed by atoms with Crippen molar-refractivity contribution < 1.29 is 4.79 Å². The Morgan fingerprint density at radius 3 is 2.42 bits per heavy atom. The van der Waals surface area contributed by atoms with Crippen LogP contribution in [-0.2, 0) is 0 Å². The predicted molar refractivity (Wildman–Crippen MR) is 98.0 cm³/mol. The number of piperazine rings is 1. The van der Waals surface area contributed by atoms with E-state index in [4.69, 9.17) is 0 Å². The zero-order valence-electron chi connectivity index (χ0n) is 14.2. The topological polar surface area (TPSA) is 52.6 Å². The average molecular weight is 345 g/mol. The lowest BCUT2D eigenvalue weighted by Gasteiger charge is -2.35. The van der Waals surface area contributed by atoms with Crippen molar-refractivity contribution in [3.63, 3.8) is 0 Å². The lowest BCUT2D eigenvalue weighted by atomic mass is 10.2. The minimum Gasteiger partial charge on any atom is -0.356 e. The Hall–Kier alpha value is -2.15. The number of nitrogens with zero attached hydrogens (tertiary/aromatic N) is 5. The molecule has 1 saturated heterocycles. The minimum atomic E-state index is 0.124. The van der Waals surface area contributed by atoms with Gasteiger partial charge in [-0.05, 0) is 37.4 Å². The van der Waals surface area contributed by atoms with E-state index in [1.54, 1.807) is 11.3 Å². The van der Waals surface area contributed by atoms with Gasteiger partial charge in [-0.2, -0.15) is 11.3 Å².